The molecule has 4 heteroatoms. The number of anilines is 2. The van der Waals surface area contributed by atoms with Crippen LogP contribution < -0.4 is 11.5 Å². The Morgan fingerprint density at radius 2 is 1.67 bits per heavy atom. The number of nitrogen functional groups attached to an aromatic ring is 2. The summed E-state index contributed by atoms with van der Waals surface area (Å²) in [6.07, 6.45) is 0. The van der Waals surface area contributed by atoms with E-state index in [-0.39, 0.29) is 0 Å². The minimum absolute atomic E-state index is 0.680. The van der Waals surface area contributed by atoms with Crippen molar-refractivity contribution in [1.82, 2.24) is 0 Å². The Balaban J connectivity index is 2.67. The van der Waals surface area contributed by atoms with Crippen molar-refractivity contribution in [2.75, 3.05) is 11.5 Å². The highest BCUT2D eigenvalue weighted by Gasteiger charge is 2.11. The first-order valence-corrected chi connectivity index (χ1v) is 6.48. The van der Waals surface area contributed by atoms with Gasteiger partial charge in [-0.2, -0.15) is 0 Å². The maximum atomic E-state index is 5.94. The van der Waals surface area contributed by atoms with Crippen molar-refractivity contribution in [3.63, 3.8) is 0 Å². The zero-order valence-electron chi connectivity index (χ0n) is 10.4. The number of thiol groups is 2. The first-order chi connectivity index (χ1) is 8.41. The molecule has 2 aromatic rings. The van der Waals surface area contributed by atoms with Crippen molar-refractivity contribution in [2.24, 2.45) is 0 Å². The third kappa shape index (κ3) is 2.18. The average Bonchev–Trinajstić information content (AvgIpc) is 2.35. The summed E-state index contributed by atoms with van der Waals surface area (Å²) in [5.74, 6) is 0. The fourth-order valence-corrected chi connectivity index (χ4v) is 2.48. The van der Waals surface area contributed by atoms with E-state index in [1.165, 1.54) is 0 Å². The van der Waals surface area contributed by atoms with Crippen LogP contribution in [0.1, 0.15) is 11.1 Å². The van der Waals surface area contributed by atoms with Gasteiger partial charge in [0.15, 0.2) is 0 Å². The fourth-order valence-electron chi connectivity index (χ4n) is 1.87. The van der Waals surface area contributed by atoms with Gasteiger partial charge in [-0.25, -0.2) is 0 Å². The lowest BCUT2D eigenvalue weighted by Gasteiger charge is -2.14. The molecule has 0 spiro atoms. The second-order valence-corrected chi connectivity index (χ2v) is 5.33. The average molecular weight is 276 g/mol. The third-order valence-electron chi connectivity index (χ3n) is 3.15. The lowest BCUT2D eigenvalue weighted by Crippen LogP contribution is -1.96. The van der Waals surface area contributed by atoms with E-state index in [1.807, 2.05) is 38.1 Å². The summed E-state index contributed by atoms with van der Waals surface area (Å²) in [5.41, 5.74) is 17.3. The molecule has 0 saturated heterocycles. The van der Waals surface area contributed by atoms with Crippen molar-refractivity contribution in [3.8, 4) is 11.1 Å². The monoisotopic (exact) mass is 276 g/mol. The SMILES string of the molecule is Cc1cc(-c2cc(S)c(N)c(C)c2S)ccc1N. The summed E-state index contributed by atoms with van der Waals surface area (Å²) in [7, 11) is 0. The van der Waals surface area contributed by atoms with E-state index >= 15 is 0 Å². The lowest BCUT2D eigenvalue weighted by molar-refractivity contribution is 1.26. The van der Waals surface area contributed by atoms with Gasteiger partial charge in [-0.15, -0.1) is 25.3 Å². The van der Waals surface area contributed by atoms with E-state index in [0.29, 0.717) is 5.69 Å². The highest BCUT2D eigenvalue weighted by molar-refractivity contribution is 7.81. The molecule has 0 aromatic heterocycles. The second-order valence-electron chi connectivity index (χ2n) is 4.40. The fraction of sp³-hybridized carbons (Fsp3) is 0.143. The molecule has 0 amide bonds. The van der Waals surface area contributed by atoms with Crippen molar-refractivity contribution >= 4 is 36.6 Å². The Hall–Kier alpha value is -1.26. The van der Waals surface area contributed by atoms with Gasteiger partial charge < -0.3 is 11.5 Å². The predicted octanol–water partition coefficient (Wildman–Crippen LogP) is 3.71. The number of nitrogens with two attached hydrogens (primary N) is 2. The molecule has 0 saturated carbocycles. The number of benzene rings is 2. The molecule has 0 aliphatic carbocycles. The maximum Gasteiger partial charge on any atom is 0.0490 e. The summed E-state index contributed by atoms with van der Waals surface area (Å²) >= 11 is 8.95. The zero-order valence-corrected chi connectivity index (χ0v) is 12.1. The maximum absolute atomic E-state index is 5.94. The van der Waals surface area contributed by atoms with Gasteiger partial charge in [-0.1, -0.05) is 6.07 Å². The van der Waals surface area contributed by atoms with Gasteiger partial charge in [-0.3, -0.25) is 0 Å². The minimum atomic E-state index is 0.680. The van der Waals surface area contributed by atoms with Crippen molar-refractivity contribution in [1.29, 1.82) is 0 Å². The molecule has 94 valence electrons. The number of hydrogen-bond acceptors (Lipinski definition) is 4. The summed E-state index contributed by atoms with van der Waals surface area (Å²) in [6.45, 7) is 3.94. The molecule has 0 fully saturated rings. The highest BCUT2D eigenvalue weighted by Crippen LogP contribution is 2.36. The molecule has 4 N–H and O–H groups in total. The topological polar surface area (TPSA) is 52.0 Å². The lowest BCUT2D eigenvalue weighted by atomic mass is 10.00. The summed E-state index contributed by atoms with van der Waals surface area (Å²) in [5, 5.41) is 0. The van der Waals surface area contributed by atoms with E-state index in [0.717, 1.165) is 37.7 Å². The Bertz CT molecular complexity index is 622. The van der Waals surface area contributed by atoms with E-state index in [1.54, 1.807) is 0 Å². The molecular weight excluding hydrogens is 260 g/mol. The van der Waals surface area contributed by atoms with Crippen LogP contribution >= 0.6 is 25.3 Å². The summed E-state index contributed by atoms with van der Waals surface area (Å²) < 4.78 is 0. The molecule has 18 heavy (non-hydrogen) atoms. The first-order valence-electron chi connectivity index (χ1n) is 5.59. The normalized spacial score (nSPS) is 10.7. The molecule has 2 aromatic carbocycles. The standard InChI is InChI=1S/C14H16N2S2/c1-7-5-9(3-4-11(7)15)10-6-12(17)13(16)8(2)14(10)18/h3-6,17-18H,15-16H2,1-2H3. The second kappa shape index (κ2) is 4.78. The molecule has 0 bridgehead atoms. The van der Waals surface area contributed by atoms with Crippen molar-refractivity contribution < 1.29 is 0 Å². The van der Waals surface area contributed by atoms with E-state index < -0.39 is 0 Å². The molecule has 0 heterocycles. The largest absolute Gasteiger partial charge is 0.399 e. The van der Waals surface area contributed by atoms with Crippen LogP contribution in [0.4, 0.5) is 11.4 Å². The molecular formula is C14H16N2S2. The molecule has 2 rings (SSSR count). The quantitative estimate of drug-likeness (QED) is 0.474. The van der Waals surface area contributed by atoms with Gasteiger partial charge in [0.25, 0.3) is 0 Å². The Kier molecular flexibility index (Phi) is 3.50. The molecule has 0 atom stereocenters. The predicted molar refractivity (Wildman–Crippen MR) is 84.7 cm³/mol. The van der Waals surface area contributed by atoms with Gasteiger partial charge in [0, 0.05) is 21.2 Å². The van der Waals surface area contributed by atoms with Crippen molar-refractivity contribution in [2.45, 2.75) is 23.6 Å². The van der Waals surface area contributed by atoms with Gasteiger partial charge >= 0.3 is 0 Å². The van der Waals surface area contributed by atoms with Crippen LogP contribution in [-0.2, 0) is 0 Å². The first kappa shape index (κ1) is 13.2. The Morgan fingerprint density at radius 1 is 1.00 bits per heavy atom. The van der Waals surface area contributed by atoms with Gasteiger partial charge in [-0.05, 0) is 54.3 Å². The van der Waals surface area contributed by atoms with Crippen LogP contribution in [0.2, 0.25) is 0 Å². The summed E-state index contributed by atoms with van der Waals surface area (Å²) in [6, 6.07) is 7.88. The van der Waals surface area contributed by atoms with Crippen LogP contribution in [0, 0.1) is 13.8 Å². The molecule has 0 unspecified atom stereocenters. The zero-order chi connectivity index (χ0) is 13.4. The molecule has 0 aliphatic heterocycles. The molecule has 0 aliphatic rings. The van der Waals surface area contributed by atoms with Gasteiger partial charge in [0.1, 0.15) is 0 Å². The Labute approximate surface area is 118 Å². The van der Waals surface area contributed by atoms with E-state index in [2.05, 4.69) is 25.3 Å². The third-order valence-corrected chi connectivity index (χ3v) is 4.10. The van der Waals surface area contributed by atoms with Gasteiger partial charge in [0.2, 0.25) is 0 Å². The number of aryl methyl sites for hydroxylation is 1. The van der Waals surface area contributed by atoms with Gasteiger partial charge in [0.05, 0.1) is 0 Å². The van der Waals surface area contributed by atoms with E-state index in [4.69, 9.17) is 11.5 Å². The van der Waals surface area contributed by atoms with Crippen molar-refractivity contribution in [3.05, 3.63) is 35.4 Å². The van der Waals surface area contributed by atoms with Crippen LogP contribution in [0.25, 0.3) is 11.1 Å². The number of rotatable bonds is 1. The van der Waals surface area contributed by atoms with E-state index in [9.17, 15) is 0 Å². The van der Waals surface area contributed by atoms with Crippen LogP contribution in [0.3, 0.4) is 0 Å². The molecule has 0 radical (unpaired) electrons. The van der Waals surface area contributed by atoms with Crippen LogP contribution in [-0.4, -0.2) is 0 Å². The minimum Gasteiger partial charge on any atom is -0.399 e. The highest BCUT2D eigenvalue weighted by atomic mass is 32.1. The Morgan fingerprint density at radius 3 is 2.28 bits per heavy atom. The van der Waals surface area contributed by atoms with Crippen LogP contribution in [0.15, 0.2) is 34.1 Å². The number of hydrogen-bond donors (Lipinski definition) is 4. The molecule has 2 nitrogen and oxygen atoms in total. The summed E-state index contributed by atoms with van der Waals surface area (Å²) in [4.78, 5) is 1.66. The van der Waals surface area contributed by atoms with Crippen LogP contribution in [0.5, 0.6) is 0 Å². The smallest absolute Gasteiger partial charge is 0.0490 e.